The van der Waals surface area contributed by atoms with E-state index in [0.29, 0.717) is 23.5 Å². The van der Waals surface area contributed by atoms with Gasteiger partial charge in [0.05, 0.1) is 7.11 Å². The van der Waals surface area contributed by atoms with E-state index in [0.717, 1.165) is 5.39 Å². The Labute approximate surface area is 87.6 Å². The van der Waals surface area contributed by atoms with Gasteiger partial charge in [0.1, 0.15) is 0 Å². The van der Waals surface area contributed by atoms with Gasteiger partial charge in [-0.3, -0.25) is 4.79 Å². The number of Topliss-reactive ketones (excluding diaryl/α,β-unsaturated/α-hetero) is 1. The van der Waals surface area contributed by atoms with Crippen LogP contribution in [0.3, 0.4) is 0 Å². The van der Waals surface area contributed by atoms with E-state index in [1.54, 1.807) is 13.2 Å². The minimum absolute atomic E-state index is 0.00764. The van der Waals surface area contributed by atoms with Crippen molar-refractivity contribution in [3.8, 4) is 5.75 Å². The second kappa shape index (κ2) is 3.77. The van der Waals surface area contributed by atoms with Crippen molar-refractivity contribution < 1.29 is 13.9 Å². The molecule has 1 aromatic heterocycles. The second-order valence-corrected chi connectivity index (χ2v) is 3.27. The monoisotopic (exact) mass is 204 g/mol. The first kappa shape index (κ1) is 9.77. The van der Waals surface area contributed by atoms with Crippen LogP contribution in [-0.4, -0.2) is 12.9 Å². The Balaban J connectivity index is 2.60. The van der Waals surface area contributed by atoms with Crippen LogP contribution in [0, 0.1) is 0 Å². The summed E-state index contributed by atoms with van der Waals surface area (Å²) in [5, 5.41) is 0.895. The fraction of sp³-hybridized carbons (Fsp3) is 0.250. The van der Waals surface area contributed by atoms with Gasteiger partial charge in [0.2, 0.25) is 0 Å². The Kier molecular flexibility index (Phi) is 2.46. The summed E-state index contributed by atoms with van der Waals surface area (Å²) in [6.07, 6.45) is 0.447. The van der Waals surface area contributed by atoms with E-state index in [1.165, 1.54) is 0 Å². The van der Waals surface area contributed by atoms with Crippen LogP contribution in [0.15, 0.2) is 28.7 Å². The number of hydrogen-bond donors (Lipinski definition) is 0. The smallest absolute Gasteiger partial charge is 0.197 e. The Morgan fingerprint density at radius 1 is 1.47 bits per heavy atom. The van der Waals surface area contributed by atoms with Crippen LogP contribution in [0.5, 0.6) is 5.75 Å². The minimum Gasteiger partial charge on any atom is -0.493 e. The molecule has 3 nitrogen and oxygen atoms in total. The number of rotatable bonds is 3. The van der Waals surface area contributed by atoms with Gasteiger partial charge >= 0.3 is 0 Å². The molecule has 0 fully saturated rings. The first-order chi connectivity index (χ1) is 7.26. The standard InChI is InChI=1S/C12H12O3/c1-3-9(13)11-7-8-5-4-6-10(14-2)12(8)15-11/h4-7H,3H2,1-2H3. The van der Waals surface area contributed by atoms with Crippen molar-refractivity contribution in [3.05, 3.63) is 30.0 Å². The first-order valence-corrected chi connectivity index (χ1v) is 4.86. The number of carbonyl (C=O) groups is 1. The summed E-state index contributed by atoms with van der Waals surface area (Å²) in [4.78, 5) is 11.4. The van der Waals surface area contributed by atoms with E-state index >= 15 is 0 Å². The topological polar surface area (TPSA) is 39.4 Å². The molecule has 0 aliphatic rings. The fourth-order valence-electron chi connectivity index (χ4n) is 1.51. The van der Waals surface area contributed by atoms with Gasteiger partial charge in [-0.05, 0) is 12.1 Å². The van der Waals surface area contributed by atoms with Crippen molar-refractivity contribution in [2.75, 3.05) is 7.11 Å². The highest BCUT2D eigenvalue weighted by Gasteiger charge is 2.12. The zero-order valence-corrected chi connectivity index (χ0v) is 8.74. The third-order valence-electron chi connectivity index (χ3n) is 2.32. The van der Waals surface area contributed by atoms with Gasteiger partial charge in [-0.15, -0.1) is 0 Å². The molecule has 1 heterocycles. The van der Waals surface area contributed by atoms with Crippen LogP contribution in [0.4, 0.5) is 0 Å². The number of para-hydroxylation sites is 1. The number of methoxy groups -OCH3 is 1. The van der Waals surface area contributed by atoms with Gasteiger partial charge in [-0.2, -0.15) is 0 Å². The van der Waals surface area contributed by atoms with Crippen LogP contribution in [0.1, 0.15) is 23.9 Å². The molecule has 2 aromatic rings. The predicted molar refractivity (Wildman–Crippen MR) is 57.4 cm³/mol. The lowest BCUT2D eigenvalue weighted by molar-refractivity contribution is 0.0963. The fourth-order valence-corrected chi connectivity index (χ4v) is 1.51. The highest BCUT2D eigenvalue weighted by molar-refractivity contribution is 5.98. The molecular formula is C12H12O3. The lowest BCUT2D eigenvalue weighted by Gasteiger charge is -1.98. The average molecular weight is 204 g/mol. The summed E-state index contributed by atoms with van der Waals surface area (Å²) < 4.78 is 10.6. The van der Waals surface area contributed by atoms with Gasteiger partial charge in [-0.25, -0.2) is 0 Å². The molecular weight excluding hydrogens is 192 g/mol. The van der Waals surface area contributed by atoms with Gasteiger partial charge in [0.15, 0.2) is 22.9 Å². The number of ketones is 1. The van der Waals surface area contributed by atoms with Crippen LogP contribution in [0.25, 0.3) is 11.0 Å². The molecule has 0 radical (unpaired) electrons. The average Bonchev–Trinajstić information content (AvgIpc) is 2.71. The Morgan fingerprint density at radius 2 is 2.27 bits per heavy atom. The Bertz CT molecular complexity index is 497. The number of furan rings is 1. The summed E-state index contributed by atoms with van der Waals surface area (Å²) in [5.41, 5.74) is 0.636. The van der Waals surface area contributed by atoms with E-state index in [-0.39, 0.29) is 5.78 Å². The number of benzene rings is 1. The van der Waals surface area contributed by atoms with Crippen molar-refractivity contribution in [1.82, 2.24) is 0 Å². The van der Waals surface area contributed by atoms with Crippen molar-refractivity contribution in [2.24, 2.45) is 0 Å². The number of hydrogen-bond acceptors (Lipinski definition) is 3. The number of ether oxygens (including phenoxy) is 1. The van der Waals surface area contributed by atoms with Gasteiger partial charge < -0.3 is 9.15 Å². The molecule has 15 heavy (non-hydrogen) atoms. The predicted octanol–water partition coefficient (Wildman–Crippen LogP) is 3.03. The normalized spacial score (nSPS) is 10.5. The molecule has 0 atom stereocenters. The SMILES string of the molecule is CCC(=O)c1cc2cccc(OC)c2o1. The van der Waals surface area contributed by atoms with Crippen molar-refractivity contribution >= 4 is 16.8 Å². The minimum atomic E-state index is 0.00764. The van der Waals surface area contributed by atoms with Gasteiger partial charge in [-0.1, -0.05) is 19.1 Å². The lowest BCUT2D eigenvalue weighted by atomic mass is 10.2. The van der Waals surface area contributed by atoms with E-state index in [1.807, 2.05) is 25.1 Å². The quantitative estimate of drug-likeness (QED) is 0.721. The third kappa shape index (κ3) is 1.61. The maximum Gasteiger partial charge on any atom is 0.197 e. The molecule has 0 amide bonds. The summed E-state index contributed by atoms with van der Waals surface area (Å²) in [7, 11) is 1.58. The maximum absolute atomic E-state index is 11.4. The van der Waals surface area contributed by atoms with Crippen LogP contribution in [-0.2, 0) is 0 Å². The molecule has 0 N–H and O–H groups in total. The van der Waals surface area contributed by atoms with E-state index < -0.39 is 0 Å². The Morgan fingerprint density at radius 3 is 2.93 bits per heavy atom. The van der Waals surface area contributed by atoms with E-state index in [2.05, 4.69) is 0 Å². The maximum atomic E-state index is 11.4. The lowest BCUT2D eigenvalue weighted by Crippen LogP contribution is -1.92. The molecule has 0 unspecified atom stereocenters. The van der Waals surface area contributed by atoms with Crippen LogP contribution < -0.4 is 4.74 Å². The first-order valence-electron chi connectivity index (χ1n) is 4.86. The van der Waals surface area contributed by atoms with Crippen LogP contribution >= 0.6 is 0 Å². The summed E-state index contributed by atoms with van der Waals surface area (Å²) in [5.74, 6) is 1.06. The van der Waals surface area contributed by atoms with Crippen LogP contribution in [0.2, 0.25) is 0 Å². The second-order valence-electron chi connectivity index (χ2n) is 3.27. The summed E-state index contributed by atoms with van der Waals surface area (Å²) in [6, 6.07) is 7.33. The van der Waals surface area contributed by atoms with Crippen molar-refractivity contribution in [3.63, 3.8) is 0 Å². The molecule has 0 bridgehead atoms. The Hall–Kier alpha value is -1.77. The zero-order valence-electron chi connectivity index (χ0n) is 8.74. The summed E-state index contributed by atoms with van der Waals surface area (Å²) >= 11 is 0. The molecule has 0 saturated carbocycles. The number of fused-ring (bicyclic) bond motifs is 1. The number of carbonyl (C=O) groups excluding carboxylic acids is 1. The molecule has 0 saturated heterocycles. The largest absolute Gasteiger partial charge is 0.493 e. The molecule has 2 rings (SSSR count). The molecule has 0 spiro atoms. The third-order valence-corrected chi connectivity index (χ3v) is 2.32. The molecule has 0 aliphatic carbocycles. The van der Waals surface area contributed by atoms with Crippen molar-refractivity contribution in [2.45, 2.75) is 13.3 Å². The van der Waals surface area contributed by atoms with Gasteiger partial charge in [0.25, 0.3) is 0 Å². The molecule has 1 aromatic carbocycles. The molecule has 3 heteroatoms. The highest BCUT2D eigenvalue weighted by Crippen LogP contribution is 2.28. The highest BCUT2D eigenvalue weighted by atomic mass is 16.5. The molecule has 78 valence electrons. The van der Waals surface area contributed by atoms with E-state index in [9.17, 15) is 4.79 Å². The zero-order chi connectivity index (χ0) is 10.8. The van der Waals surface area contributed by atoms with E-state index in [4.69, 9.17) is 9.15 Å². The van der Waals surface area contributed by atoms with Crippen molar-refractivity contribution in [1.29, 1.82) is 0 Å². The molecule has 0 aliphatic heterocycles. The van der Waals surface area contributed by atoms with Gasteiger partial charge in [0, 0.05) is 11.8 Å². The summed E-state index contributed by atoms with van der Waals surface area (Å²) in [6.45, 7) is 1.81.